The van der Waals surface area contributed by atoms with Crippen molar-refractivity contribution in [3.8, 4) is 23.7 Å². The van der Waals surface area contributed by atoms with E-state index in [0.717, 1.165) is 103 Å². The number of methoxy groups -OCH3 is 1. The fraction of sp³-hybridized carbons (Fsp3) is 0.865. The van der Waals surface area contributed by atoms with Crippen molar-refractivity contribution >= 4 is 5.97 Å². The third kappa shape index (κ3) is 31.8. The monoisotopic (exact) mass is 621 g/mol. The van der Waals surface area contributed by atoms with Gasteiger partial charge < -0.3 is 29.0 Å². The second-order valence-corrected chi connectivity index (χ2v) is 11.4. The number of rotatable bonds is 31. The van der Waals surface area contributed by atoms with Crippen LogP contribution < -0.4 is 0 Å². The summed E-state index contributed by atoms with van der Waals surface area (Å²) in [6.07, 6.45) is 19.5. The maximum absolute atomic E-state index is 12.3. The van der Waals surface area contributed by atoms with Crippen LogP contribution in [0.4, 0.5) is 0 Å². The Labute approximate surface area is 271 Å². The minimum absolute atomic E-state index is 0.195. The number of esters is 1. The number of unbranched alkanes of at least 4 members (excludes halogenated alkanes) is 12. The van der Waals surface area contributed by atoms with Gasteiger partial charge in [-0.1, -0.05) is 65.2 Å². The molecule has 0 heterocycles. The molecule has 0 aromatic rings. The number of aliphatic hydroxyl groups is 1. The highest BCUT2D eigenvalue weighted by molar-refractivity contribution is 5.69. The molecule has 44 heavy (non-hydrogen) atoms. The fourth-order valence-corrected chi connectivity index (χ4v) is 4.63. The van der Waals surface area contributed by atoms with Crippen molar-refractivity contribution in [3.05, 3.63) is 0 Å². The summed E-state index contributed by atoms with van der Waals surface area (Å²) in [4.78, 5) is 14.7. The summed E-state index contributed by atoms with van der Waals surface area (Å²) in [5.74, 6) is 12.5. The van der Waals surface area contributed by atoms with Gasteiger partial charge in [0.2, 0.25) is 0 Å². The van der Waals surface area contributed by atoms with Crippen LogP contribution in [0.5, 0.6) is 0 Å². The fourth-order valence-electron chi connectivity index (χ4n) is 4.63. The lowest BCUT2D eigenvalue weighted by Crippen LogP contribution is -2.29. The van der Waals surface area contributed by atoms with Gasteiger partial charge in [-0.15, -0.1) is 23.7 Å². The molecule has 0 aliphatic carbocycles. The molecule has 0 rings (SSSR count). The van der Waals surface area contributed by atoms with Gasteiger partial charge in [0.25, 0.3) is 0 Å². The standard InChI is InChI=1S/C37H67NO6/c1-4-6-8-10-17-24-34-43-37(44-35-25-18-11-9-7-5-2)27-26-36(40)42-33-23-19-13-15-21-29-38(30-31-39)28-20-14-12-16-22-32-41-3/h37,39H,4-9,12-16,19-35H2,1-3H3. The lowest BCUT2D eigenvalue weighted by atomic mass is 10.1. The van der Waals surface area contributed by atoms with Crippen LogP contribution in [0.15, 0.2) is 0 Å². The normalized spacial score (nSPS) is 11.0. The van der Waals surface area contributed by atoms with E-state index in [0.29, 0.717) is 39.1 Å². The third-order valence-electron chi connectivity index (χ3n) is 7.33. The van der Waals surface area contributed by atoms with E-state index < -0.39 is 6.29 Å². The minimum atomic E-state index is -0.441. The lowest BCUT2D eigenvalue weighted by molar-refractivity contribution is -0.157. The molecule has 7 heteroatoms. The van der Waals surface area contributed by atoms with Crippen LogP contribution in [0.1, 0.15) is 142 Å². The molecule has 0 bridgehead atoms. The van der Waals surface area contributed by atoms with Crippen molar-refractivity contribution < 1.29 is 28.8 Å². The highest BCUT2D eigenvalue weighted by Gasteiger charge is 2.13. The first-order valence-corrected chi connectivity index (χ1v) is 17.8. The van der Waals surface area contributed by atoms with Gasteiger partial charge in [0.15, 0.2) is 6.29 Å². The molecule has 7 nitrogen and oxygen atoms in total. The first-order valence-electron chi connectivity index (χ1n) is 17.8. The molecule has 256 valence electrons. The quantitative estimate of drug-likeness (QED) is 0.0368. The first kappa shape index (κ1) is 42.4. The highest BCUT2D eigenvalue weighted by atomic mass is 16.7. The molecule has 0 amide bonds. The zero-order chi connectivity index (χ0) is 32.2. The van der Waals surface area contributed by atoms with Crippen LogP contribution in [-0.4, -0.2) is 82.0 Å². The topological polar surface area (TPSA) is 77.5 Å². The number of carbonyl (C=O) groups is 1. The molecule has 0 saturated carbocycles. The summed E-state index contributed by atoms with van der Waals surface area (Å²) >= 11 is 0. The van der Waals surface area contributed by atoms with E-state index in [1.165, 1.54) is 25.7 Å². The van der Waals surface area contributed by atoms with Crippen molar-refractivity contribution in [1.82, 2.24) is 4.90 Å². The Balaban J connectivity index is 4.09. The molecule has 0 fully saturated rings. The van der Waals surface area contributed by atoms with E-state index in [4.69, 9.17) is 18.9 Å². The molecule has 0 aliphatic rings. The van der Waals surface area contributed by atoms with Gasteiger partial charge in [-0.3, -0.25) is 4.79 Å². The Hall–Kier alpha value is -1.61. The van der Waals surface area contributed by atoms with Crippen molar-refractivity contribution in [2.24, 2.45) is 0 Å². The molecule has 0 atom stereocenters. The van der Waals surface area contributed by atoms with Crippen molar-refractivity contribution in [2.75, 3.05) is 59.8 Å². The van der Waals surface area contributed by atoms with E-state index in [2.05, 4.69) is 42.4 Å². The molecule has 0 spiro atoms. The average molecular weight is 622 g/mol. The van der Waals surface area contributed by atoms with Gasteiger partial charge in [0.05, 0.1) is 32.8 Å². The van der Waals surface area contributed by atoms with Gasteiger partial charge in [0, 0.05) is 52.4 Å². The van der Waals surface area contributed by atoms with Crippen LogP contribution in [0.2, 0.25) is 0 Å². The van der Waals surface area contributed by atoms with E-state index in [9.17, 15) is 9.90 Å². The first-order chi connectivity index (χ1) is 21.7. The van der Waals surface area contributed by atoms with Gasteiger partial charge in [-0.25, -0.2) is 0 Å². The summed E-state index contributed by atoms with van der Waals surface area (Å²) in [5, 5.41) is 9.39. The predicted octanol–water partition coefficient (Wildman–Crippen LogP) is 7.68. The van der Waals surface area contributed by atoms with Crippen LogP contribution in [0.25, 0.3) is 0 Å². The van der Waals surface area contributed by atoms with Crippen LogP contribution in [0, 0.1) is 23.7 Å². The van der Waals surface area contributed by atoms with Gasteiger partial charge in [-0.2, -0.15) is 0 Å². The Kier molecular flexibility index (Phi) is 34.6. The second kappa shape index (κ2) is 35.9. The predicted molar refractivity (Wildman–Crippen MR) is 181 cm³/mol. The third-order valence-corrected chi connectivity index (χ3v) is 7.33. The maximum atomic E-state index is 12.3. The Bertz CT molecular complexity index is 706. The SMILES string of the molecule is CCCCC#CCCOC(CCC(=O)OCCCCCCCN(CCO)CCCCCCCOC)OCCC#CCCCC. The van der Waals surface area contributed by atoms with Crippen LogP contribution in [-0.2, 0) is 23.7 Å². The number of aliphatic hydroxyl groups excluding tert-OH is 1. The zero-order valence-corrected chi connectivity index (χ0v) is 28.8. The summed E-state index contributed by atoms with van der Waals surface area (Å²) in [7, 11) is 1.76. The number of ether oxygens (including phenoxy) is 4. The van der Waals surface area contributed by atoms with Crippen LogP contribution >= 0.6 is 0 Å². The lowest BCUT2D eigenvalue weighted by Gasteiger charge is -2.21. The van der Waals surface area contributed by atoms with E-state index >= 15 is 0 Å². The highest BCUT2D eigenvalue weighted by Crippen LogP contribution is 2.10. The smallest absolute Gasteiger partial charge is 0.305 e. The number of hydrogen-bond acceptors (Lipinski definition) is 7. The molecule has 0 saturated heterocycles. The van der Waals surface area contributed by atoms with Crippen molar-refractivity contribution in [3.63, 3.8) is 0 Å². The molecule has 0 unspecified atom stereocenters. The van der Waals surface area contributed by atoms with E-state index in [1.54, 1.807) is 7.11 Å². The number of nitrogens with zero attached hydrogens (tertiary/aromatic N) is 1. The summed E-state index contributed by atoms with van der Waals surface area (Å²) in [6.45, 7) is 9.73. The molecule has 0 aromatic carbocycles. The molecule has 0 aliphatic heterocycles. The molecule has 0 aromatic heterocycles. The van der Waals surface area contributed by atoms with E-state index in [-0.39, 0.29) is 19.0 Å². The molecular weight excluding hydrogens is 554 g/mol. The zero-order valence-electron chi connectivity index (χ0n) is 28.8. The van der Waals surface area contributed by atoms with Crippen LogP contribution in [0.3, 0.4) is 0 Å². The maximum Gasteiger partial charge on any atom is 0.305 e. The molecular formula is C37H67NO6. The number of carbonyl (C=O) groups excluding carboxylic acids is 1. The number of hydrogen-bond donors (Lipinski definition) is 1. The summed E-state index contributed by atoms with van der Waals surface area (Å²) in [6, 6.07) is 0. The van der Waals surface area contributed by atoms with Gasteiger partial charge in [-0.05, 0) is 51.6 Å². The van der Waals surface area contributed by atoms with Crippen molar-refractivity contribution in [2.45, 2.75) is 149 Å². The van der Waals surface area contributed by atoms with E-state index in [1.807, 2.05) is 0 Å². The van der Waals surface area contributed by atoms with Gasteiger partial charge in [0.1, 0.15) is 0 Å². The Morgan fingerprint density at radius 1 is 0.636 bits per heavy atom. The summed E-state index contributed by atoms with van der Waals surface area (Å²) < 4.78 is 22.4. The minimum Gasteiger partial charge on any atom is -0.466 e. The average Bonchev–Trinajstić information content (AvgIpc) is 3.02. The molecule has 1 N–H and O–H groups in total. The van der Waals surface area contributed by atoms with Gasteiger partial charge >= 0.3 is 5.97 Å². The Morgan fingerprint density at radius 2 is 1.14 bits per heavy atom. The molecule has 0 radical (unpaired) electrons. The second-order valence-electron chi connectivity index (χ2n) is 11.4. The summed E-state index contributed by atoms with van der Waals surface area (Å²) in [5.41, 5.74) is 0. The van der Waals surface area contributed by atoms with Crippen molar-refractivity contribution in [1.29, 1.82) is 0 Å². The Morgan fingerprint density at radius 3 is 1.66 bits per heavy atom. The largest absolute Gasteiger partial charge is 0.466 e.